The van der Waals surface area contributed by atoms with Gasteiger partial charge in [0.15, 0.2) is 0 Å². The summed E-state index contributed by atoms with van der Waals surface area (Å²) in [7, 11) is 0. The molecule has 1 atom stereocenters. The summed E-state index contributed by atoms with van der Waals surface area (Å²) < 4.78 is 5.04. The predicted octanol–water partition coefficient (Wildman–Crippen LogP) is 2.50. The first-order valence-electron chi connectivity index (χ1n) is 9.20. The lowest BCUT2D eigenvalue weighted by atomic mass is 9.94. The summed E-state index contributed by atoms with van der Waals surface area (Å²) in [6.07, 6.45) is 0.606. The third kappa shape index (κ3) is 5.64. The largest absolute Gasteiger partial charge is 0.461 e. The van der Waals surface area contributed by atoms with Crippen molar-refractivity contribution in [2.45, 2.75) is 46.6 Å². The second kappa shape index (κ2) is 9.30. The molecule has 0 radical (unpaired) electrons. The molecule has 0 aliphatic carbocycles. The standard InChI is InChI=1S/C20H26N2O5/c1-4-19(25)27-12-14-5-7-15(8-6-14)21-17(23)9-10-22-18(24)11-16(13(2)3)20(22)26/h5-8,13,16H,4,9-12H2,1-3H3,(H,21,23). The maximum atomic E-state index is 12.2. The third-order valence-corrected chi connectivity index (χ3v) is 4.57. The van der Waals surface area contributed by atoms with E-state index in [4.69, 9.17) is 4.74 Å². The molecule has 0 spiro atoms. The van der Waals surface area contributed by atoms with Gasteiger partial charge in [-0.1, -0.05) is 32.9 Å². The molecule has 27 heavy (non-hydrogen) atoms. The van der Waals surface area contributed by atoms with Gasteiger partial charge in [0.2, 0.25) is 17.7 Å². The number of likely N-dealkylation sites (tertiary alicyclic amines) is 1. The molecule has 1 unspecified atom stereocenters. The molecule has 146 valence electrons. The quantitative estimate of drug-likeness (QED) is 0.557. The monoisotopic (exact) mass is 374 g/mol. The lowest BCUT2D eigenvalue weighted by molar-refractivity contribution is -0.144. The van der Waals surface area contributed by atoms with Crippen molar-refractivity contribution in [3.63, 3.8) is 0 Å². The summed E-state index contributed by atoms with van der Waals surface area (Å²) in [5.74, 6) is -1.11. The molecule has 1 saturated heterocycles. The van der Waals surface area contributed by atoms with Gasteiger partial charge >= 0.3 is 5.97 Å². The summed E-state index contributed by atoms with van der Waals surface area (Å²) in [4.78, 5) is 48.7. The number of amides is 3. The number of rotatable bonds is 8. The van der Waals surface area contributed by atoms with E-state index in [0.29, 0.717) is 12.1 Å². The molecule has 1 aromatic rings. The first kappa shape index (κ1) is 20.6. The maximum absolute atomic E-state index is 12.2. The van der Waals surface area contributed by atoms with Crippen LogP contribution in [0.3, 0.4) is 0 Å². The molecule has 0 bridgehead atoms. The third-order valence-electron chi connectivity index (χ3n) is 4.57. The molecule has 7 nitrogen and oxygen atoms in total. The van der Waals surface area contributed by atoms with Crippen molar-refractivity contribution in [2.75, 3.05) is 11.9 Å². The number of carbonyl (C=O) groups is 4. The summed E-state index contributed by atoms with van der Waals surface area (Å²) in [6, 6.07) is 6.96. The SMILES string of the molecule is CCC(=O)OCc1ccc(NC(=O)CCN2C(=O)CC(C(C)C)C2=O)cc1. The van der Waals surface area contributed by atoms with Crippen LogP contribution in [-0.2, 0) is 30.5 Å². The van der Waals surface area contributed by atoms with Crippen LogP contribution < -0.4 is 5.32 Å². The molecular weight excluding hydrogens is 348 g/mol. The van der Waals surface area contributed by atoms with Crippen molar-refractivity contribution >= 4 is 29.4 Å². The van der Waals surface area contributed by atoms with Crippen molar-refractivity contribution in [1.29, 1.82) is 0 Å². The average molecular weight is 374 g/mol. The van der Waals surface area contributed by atoms with Gasteiger partial charge in [-0.05, 0) is 23.6 Å². The van der Waals surface area contributed by atoms with Gasteiger partial charge in [-0.3, -0.25) is 24.1 Å². The van der Waals surface area contributed by atoms with Crippen LogP contribution in [0.4, 0.5) is 5.69 Å². The number of ether oxygens (including phenoxy) is 1. The van der Waals surface area contributed by atoms with Crippen LogP contribution in [0.1, 0.15) is 45.6 Å². The van der Waals surface area contributed by atoms with Gasteiger partial charge in [-0.15, -0.1) is 0 Å². The molecule has 0 saturated carbocycles. The van der Waals surface area contributed by atoms with Crippen molar-refractivity contribution < 1.29 is 23.9 Å². The Hall–Kier alpha value is -2.70. The van der Waals surface area contributed by atoms with E-state index in [-0.39, 0.29) is 61.5 Å². The van der Waals surface area contributed by atoms with Crippen molar-refractivity contribution in [3.8, 4) is 0 Å². The molecule has 1 aliphatic rings. The van der Waals surface area contributed by atoms with Gasteiger partial charge in [-0.2, -0.15) is 0 Å². The Balaban J connectivity index is 1.81. The maximum Gasteiger partial charge on any atom is 0.305 e. The Morgan fingerprint density at radius 2 is 1.89 bits per heavy atom. The highest BCUT2D eigenvalue weighted by atomic mass is 16.5. The molecule has 1 heterocycles. The number of carbonyl (C=O) groups excluding carboxylic acids is 4. The number of benzene rings is 1. The molecule has 0 aromatic heterocycles. The molecule has 1 fully saturated rings. The number of esters is 1. The van der Waals surface area contributed by atoms with E-state index in [1.807, 2.05) is 13.8 Å². The van der Waals surface area contributed by atoms with Crippen molar-refractivity contribution in [1.82, 2.24) is 4.90 Å². The Morgan fingerprint density at radius 1 is 1.22 bits per heavy atom. The molecule has 1 N–H and O–H groups in total. The van der Waals surface area contributed by atoms with Crippen LogP contribution >= 0.6 is 0 Å². The molecular formula is C20H26N2O5. The summed E-state index contributed by atoms with van der Waals surface area (Å²) >= 11 is 0. The first-order valence-corrected chi connectivity index (χ1v) is 9.20. The van der Waals surface area contributed by atoms with Gasteiger partial charge in [0, 0.05) is 37.4 Å². The zero-order chi connectivity index (χ0) is 20.0. The lowest BCUT2D eigenvalue weighted by Gasteiger charge is -2.16. The lowest BCUT2D eigenvalue weighted by Crippen LogP contribution is -2.34. The fourth-order valence-corrected chi connectivity index (χ4v) is 2.85. The smallest absolute Gasteiger partial charge is 0.305 e. The molecule has 2 rings (SSSR count). The normalized spacial score (nSPS) is 16.7. The summed E-state index contributed by atoms with van der Waals surface area (Å²) in [5, 5.41) is 2.74. The highest BCUT2D eigenvalue weighted by Crippen LogP contribution is 2.26. The molecule has 1 aliphatic heterocycles. The van der Waals surface area contributed by atoms with Crippen molar-refractivity contribution in [2.24, 2.45) is 11.8 Å². The molecule has 7 heteroatoms. The minimum absolute atomic E-state index is 0.0537. The predicted molar refractivity (Wildman–Crippen MR) is 99.4 cm³/mol. The average Bonchev–Trinajstić information content (AvgIpc) is 2.93. The number of hydrogen-bond donors (Lipinski definition) is 1. The second-order valence-corrected chi connectivity index (χ2v) is 6.95. The number of hydrogen-bond acceptors (Lipinski definition) is 5. The van der Waals surface area contributed by atoms with E-state index >= 15 is 0 Å². The van der Waals surface area contributed by atoms with Crippen LogP contribution in [0.5, 0.6) is 0 Å². The van der Waals surface area contributed by atoms with E-state index in [1.54, 1.807) is 31.2 Å². The van der Waals surface area contributed by atoms with E-state index in [2.05, 4.69) is 5.32 Å². The minimum Gasteiger partial charge on any atom is -0.461 e. The molecule has 1 aromatic carbocycles. The zero-order valence-electron chi connectivity index (χ0n) is 16.0. The number of anilines is 1. The van der Waals surface area contributed by atoms with E-state index in [9.17, 15) is 19.2 Å². The number of imide groups is 1. The Bertz CT molecular complexity index is 712. The van der Waals surface area contributed by atoms with Crippen LogP contribution in [0.25, 0.3) is 0 Å². The highest BCUT2D eigenvalue weighted by Gasteiger charge is 2.39. The summed E-state index contributed by atoms with van der Waals surface area (Å²) in [6.45, 7) is 5.85. The number of nitrogens with zero attached hydrogens (tertiary/aromatic N) is 1. The Labute approximate surface area is 159 Å². The van der Waals surface area contributed by atoms with Gasteiger partial charge in [-0.25, -0.2) is 0 Å². The van der Waals surface area contributed by atoms with Gasteiger partial charge in [0.05, 0.1) is 0 Å². The van der Waals surface area contributed by atoms with Crippen LogP contribution in [0.2, 0.25) is 0 Å². The van der Waals surface area contributed by atoms with E-state index in [1.165, 1.54) is 4.90 Å². The second-order valence-electron chi connectivity index (χ2n) is 6.95. The summed E-state index contributed by atoms with van der Waals surface area (Å²) in [5.41, 5.74) is 1.42. The van der Waals surface area contributed by atoms with Gasteiger partial charge in [0.1, 0.15) is 6.61 Å². The molecule has 3 amide bonds. The Morgan fingerprint density at radius 3 is 2.44 bits per heavy atom. The topological polar surface area (TPSA) is 92.8 Å². The minimum atomic E-state index is -0.282. The Kier molecular flexibility index (Phi) is 7.10. The fourth-order valence-electron chi connectivity index (χ4n) is 2.85. The van der Waals surface area contributed by atoms with Crippen LogP contribution in [0, 0.1) is 11.8 Å². The van der Waals surface area contributed by atoms with Gasteiger partial charge < -0.3 is 10.1 Å². The van der Waals surface area contributed by atoms with Gasteiger partial charge in [0.25, 0.3) is 0 Å². The highest BCUT2D eigenvalue weighted by molar-refractivity contribution is 6.04. The first-order chi connectivity index (χ1) is 12.8. The van der Waals surface area contributed by atoms with Crippen molar-refractivity contribution in [3.05, 3.63) is 29.8 Å². The van der Waals surface area contributed by atoms with E-state index in [0.717, 1.165) is 5.56 Å². The van der Waals surface area contributed by atoms with Crippen LogP contribution in [0.15, 0.2) is 24.3 Å². The van der Waals surface area contributed by atoms with E-state index < -0.39 is 0 Å². The number of nitrogens with one attached hydrogen (secondary N) is 1. The van der Waals surface area contributed by atoms with Crippen LogP contribution in [-0.4, -0.2) is 35.1 Å². The zero-order valence-corrected chi connectivity index (χ0v) is 16.0. The fraction of sp³-hybridized carbons (Fsp3) is 0.500.